The Morgan fingerprint density at radius 1 is 0.933 bits per heavy atom. The van der Waals surface area contributed by atoms with Crippen LogP contribution in [0, 0.1) is 0 Å². The molecule has 2 aromatic heterocycles. The summed E-state index contributed by atoms with van der Waals surface area (Å²) < 4.78 is 2.09. The van der Waals surface area contributed by atoms with Gasteiger partial charge in [-0.05, 0) is 44.9 Å². The number of benzene rings is 1. The lowest BCUT2D eigenvalue weighted by molar-refractivity contribution is 0.0815. The monoisotopic (exact) mass is 406 g/mol. The topological polar surface area (TPSA) is 102 Å². The SMILES string of the molecule is CN1CCN(C2CCC(n3nc(-c4cccc(N)c4)c4c(N)ncnc43)CC2)CC1. The van der Waals surface area contributed by atoms with Crippen molar-refractivity contribution in [2.24, 2.45) is 0 Å². The van der Waals surface area contributed by atoms with E-state index in [1.54, 1.807) is 0 Å². The van der Waals surface area contributed by atoms with Crippen molar-refractivity contribution >= 4 is 22.5 Å². The number of nitrogens with zero attached hydrogens (tertiary/aromatic N) is 6. The first-order valence-electron chi connectivity index (χ1n) is 10.9. The highest BCUT2D eigenvalue weighted by molar-refractivity contribution is 5.98. The Bertz CT molecular complexity index is 1030. The number of nitrogen functional groups attached to an aromatic ring is 2. The van der Waals surface area contributed by atoms with Crippen molar-refractivity contribution in [3.63, 3.8) is 0 Å². The molecule has 1 aliphatic carbocycles. The van der Waals surface area contributed by atoms with Gasteiger partial charge in [0.25, 0.3) is 0 Å². The van der Waals surface area contributed by atoms with E-state index in [1.807, 2.05) is 24.3 Å². The number of rotatable bonds is 3. The molecule has 0 radical (unpaired) electrons. The van der Waals surface area contributed by atoms with Crippen molar-refractivity contribution < 1.29 is 0 Å². The van der Waals surface area contributed by atoms with Crippen LogP contribution in [0.4, 0.5) is 11.5 Å². The average molecular weight is 407 g/mol. The lowest BCUT2D eigenvalue weighted by atomic mass is 9.90. The molecule has 1 saturated carbocycles. The summed E-state index contributed by atoms with van der Waals surface area (Å²) in [6.45, 7) is 4.70. The number of aromatic nitrogens is 4. The molecule has 0 atom stereocenters. The van der Waals surface area contributed by atoms with Gasteiger partial charge in [-0.3, -0.25) is 4.90 Å². The summed E-state index contributed by atoms with van der Waals surface area (Å²) in [5.74, 6) is 0.467. The first-order chi connectivity index (χ1) is 14.6. The standard InChI is InChI=1S/C22H30N8/c1-28-9-11-29(12-10-28)17-5-7-18(8-6-17)30-22-19(21(24)25-14-26-22)20(27-30)15-3-2-4-16(23)13-15/h2-4,13-14,17-18H,5-12,23H2,1H3,(H2,24,25,26). The molecule has 2 fully saturated rings. The second-order valence-corrected chi connectivity index (χ2v) is 8.68. The molecular formula is C22H30N8. The fraction of sp³-hybridized carbons (Fsp3) is 0.500. The molecule has 2 aliphatic rings. The summed E-state index contributed by atoms with van der Waals surface area (Å²) >= 11 is 0. The first kappa shape index (κ1) is 19.3. The molecule has 158 valence electrons. The molecule has 0 spiro atoms. The minimum Gasteiger partial charge on any atom is -0.399 e. The Balaban J connectivity index is 1.42. The fourth-order valence-electron chi connectivity index (χ4n) is 4.99. The third kappa shape index (κ3) is 3.50. The van der Waals surface area contributed by atoms with Crippen LogP contribution in [0.3, 0.4) is 0 Å². The third-order valence-electron chi connectivity index (χ3n) is 6.74. The van der Waals surface area contributed by atoms with Gasteiger partial charge in [0.15, 0.2) is 5.65 Å². The van der Waals surface area contributed by atoms with E-state index >= 15 is 0 Å². The van der Waals surface area contributed by atoms with Gasteiger partial charge in [0.1, 0.15) is 17.8 Å². The maximum Gasteiger partial charge on any atom is 0.164 e. The highest BCUT2D eigenvalue weighted by Gasteiger charge is 2.30. The van der Waals surface area contributed by atoms with Crippen LogP contribution in [-0.4, -0.2) is 68.8 Å². The van der Waals surface area contributed by atoms with Gasteiger partial charge in [-0.1, -0.05) is 12.1 Å². The van der Waals surface area contributed by atoms with Crippen LogP contribution in [0.25, 0.3) is 22.3 Å². The van der Waals surface area contributed by atoms with Crippen molar-refractivity contribution in [3.05, 3.63) is 30.6 Å². The Labute approximate surface area is 176 Å². The largest absolute Gasteiger partial charge is 0.399 e. The molecule has 4 N–H and O–H groups in total. The number of nitrogens with two attached hydrogens (primary N) is 2. The predicted octanol–water partition coefficient (Wildman–Crippen LogP) is 2.39. The van der Waals surface area contributed by atoms with Crippen LogP contribution in [-0.2, 0) is 0 Å². The van der Waals surface area contributed by atoms with E-state index in [2.05, 4.69) is 31.5 Å². The summed E-state index contributed by atoms with van der Waals surface area (Å²) in [6.07, 6.45) is 6.14. The van der Waals surface area contributed by atoms with E-state index in [0.29, 0.717) is 23.6 Å². The molecule has 1 saturated heterocycles. The summed E-state index contributed by atoms with van der Waals surface area (Å²) in [7, 11) is 2.21. The zero-order valence-corrected chi connectivity index (χ0v) is 17.5. The van der Waals surface area contributed by atoms with E-state index in [1.165, 1.54) is 45.3 Å². The Morgan fingerprint density at radius 3 is 2.40 bits per heavy atom. The zero-order valence-electron chi connectivity index (χ0n) is 17.5. The molecule has 1 aromatic carbocycles. The number of piperazine rings is 1. The van der Waals surface area contributed by atoms with Crippen LogP contribution >= 0.6 is 0 Å². The maximum atomic E-state index is 6.26. The number of likely N-dealkylation sites (N-methyl/N-ethyl adjacent to an activating group) is 1. The molecule has 0 unspecified atom stereocenters. The number of hydrogen-bond donors (Lipinski definition) is 2. The minimum atomic E-state index is 0.334. The van der Waals surface area contributed by atoms with Gasteiger partial charge in [-0.25, -0.2) is 14.6 Å². The van der Waals surface area contributed by atoms with Gasteiger partial charge in [0.05, 0.1) is 11.4 Å². The summed E-state index contributed by atoms with van der Waals surface area (Å²) in [5, 5.41) is 5.81. The highest BCUT2D eigenvalue weighted by atomic mass is 15.3. The fourth-order valence-corrected chi connectivity index (χ4v) is 4.99. The van der Waals surface area contributed by atoms with Gasteiger partial charge < -0.3 is 16.4 Å². The molecule has 8 heteroatoms. The van der Waals surface area contributed by atoms with Crippen LogP contribution in [0.15, 0.2) is 30.6 Å². The quantitative estimate of drug-likeness (QED) is 0.644. The van der Waals surface area contributed by atoms with E-state index in [0.717, 1.165) is 35.1 Å². The van der Waals surface area contributed by atoms with Crippen LogP contribution < -0.4 is 11.5 Å². The lowest BCUT2D eigenvalue weighted by Crippen LogP contribution is -2.49. The van der Waals surface area contributed by atoms with Crippen LogP contribution in [0.5, 0.6) is 0 Å². The van der Waals surface area contributed by atoms with Gasteiger partial charge in [-0.15, -0.1) is 0 Å². The normalized spacial score (nSPS) is 23.8. The van der Waals surface area contributed by atoms with Crippen molar-refractivity contribution in [3.8, 4) is 11.3 Å². The Kier molecular flexibility index (Phi) is 5.04. The third-order valence-corrected chi connectivity index (χ3v) is 6.74. The van der Waals surface area contributed by atoms with Crippen molar-refractivity contribution in [2.45, 2.75) is 37.8 Å². The van der Waals surface area contributed by atoms with Gasteiger partial charge in [-0.2, -0.15) is 5.10 Å². The predicted molar refractivity (Wildman–Crippen MR) is 120 cm³/mol. The minimum absolute atomic E-state index is 0.334. The van der Waals surface area contributed by atoms with Crippen molar-refractivity contribution in [1.29, 1.82) is 0 Å². The summed E-state index contributed by atoms with van der Waals surface area (Å²) in [4.78, 5) is 13.9. The first-order valence-corrected chi connectivity index (χ1v) is 10.9. The van der Waals surface area contributed by atoms with Gasteiger partial charge in [0, 0.05) is 43.5 Å². The molecule has 1 aliphatic heterocycles. The van der Waals surface area contributed by atoms with Crippen molar-refractivity contribution in [1.82, 2.24) is 29.5 Å². The highest BCUT2D eigenvalue weighted by Crippen LogP contribution is 2.37. The van der Waals surface area contributed by atoms with Crippen molar-refractivity contribution in [2.75, 3.05) is 44.7 Å². The second-order valence-electron chi connectivity index (χ2n) is 8.68. The molecule has 5 rings (SSSR count). The maximum absolute atomic E-state index is 6.26. The van der Waals surface area contributed by atoms with Crippen LogP contribution in [0.1, 0.15) is 31.7 Å². The summed E-state index contributed by atoms with van der Waals surface area (Å²) in [5.41, 5.74) is 15.6. The smallest absolute Gasteiger partial charge is 0.164 e. The second kappa shape index (κ2) is 7.85. The Hall–Kier alpha value is -2.71. The number of hydrogen-bond acceptors (Lipinski definition) is 7. The lowest BCUT2D eigenvalue weighted by Gasteiger charge is -2.41. The average Bonchev–Trinajstić information content (AvgIpc) is 3.16. The van der Waals surface area contributed by atoms with E-state index in [4.69, 9.17) is 16.6 Å². The van der Waals surface area contributed by atoms with E-state index in [-0.39, 0.29) is 0 Å². The molecule has 8 nitrogen and oxygen atoms in total. The van der Waals surface area contributed by atoms with Crippen LogP contribution in [0.2, 0.25) is 0 Å². The molecule has 30 heavy (non-hydrogen) atoms. The van der Waals surface area contributed by atoms with E-state index in [9.17, 15) is 0 Å². The molecule has 3 aromatic rings. The molecule has 3 heterocycles. The number of fused-ring (bicyclic) bond motifs is 1. The van der Waals surface area contributed by atoms with Gasteiger partial charge in [0.2, 0.25) is 0 Å². The molecular weight excluding hydrogens is 376 g/mol. The Morgan fingerprint density at radius 2 is 1.67 bits per heavy atom. The molecule has 0 bridgehead atoms. The number of anilines is 2. The zero-order chi connectivity index (χ0) is 20.7. The van der Waals surface area contributed by atoms with Gasteiger partial charge >= 0.3 is 0 Å². The molecule has 0 amide bonds. The summed E-state index contributed by atoms with van der Waals surface area (Å²) in [6, 6.07) is 8.78. The van der Waals surface area contributed by atoms with E-state index < -0.39 is 0 Å².